The van der Waals surface area contributed by atoms with Gasteiger partial charge in [-0.1, -0.05) is 190 Å². The second kappa shape index (κ2) is 16.1. The van der Waals surface area contributed by atoms with Gasteiger partial charge < -0.3 is 9.80 Å². The second-order valence-corrected chi connectivity index (χ2v) is 20.3. The van der Waals surface area contributed by atoms with Crippen LogP contribution in [0, 0.1) is 0 Å². The first-order valence-corrected chi connectivity index (χ1v) is 23.3. The van der Waals surface area contributed by atoms with Gasteiger partial charge in [0.1, 0.15) is 0 Å². The van der Waals surface area contributed by atoms with E-state index in [1.165, 1.54) is 48.7 Å². The Bertz CT molecular complexity index is 2860. The fourth-order valence-corrected chi connectivity index (χ4v) is 14.7. The van der Waals surface area contributed by atoms with Gasteiger partial charge in [0.25, 0.3) is 0 Å². The van der Waals surface area contributed by atoms with Crippen molar-refractivity contribution in [3.05, 3.63) is 259 Å². The summed E-state index contributed by atoms with van der Waals surface area (Å²) < 4.78 is 0. The SMILES string of the molecule is CC1(C)c2ccccc2-c2c(N(c3ccccc3)c3cccc([Si](C4=CCC=CC=C4)(c4ccccc4)c4ccc(N(c5ccccc5)c5ccccc5)cc4)c3)cccc21. The molecule has 8 aromatic carbocycles. The lowest BCUT2D eigenvalue weighted by molar-refractivity contribution is 0.660. The molecule has 0 aromatic heterocycles. The van der Waals surface area contributed by atoms with Gasteiger partial charge in [0, 0.05) is 39.4 Å². The molecule has 1 unspecified atom stereocenters. The number of hydrogen-bond donors (Lipinski definition) is 0. The highest BCUT2D eigenvalue weighted by Gasteiger charge is 2.43. The molecule has 0 bridgehead atoms. The Morgan fingerprint density at radius 3 is 1.61 bits per heavy atom. The molecule has 0 amide bonds. The van der Waals surface area contributed by atoms with Crippen LogP contribution in [0.4, 0.5) is 34.1 Å². The van der Waals surface area contributed by atoms with Crippen molar-refractivity contribution in [1.29, 1.82) is 0 Å². The third-order valence-electron chi connectivity index (χ3n) is 12.6. The second-order valence-electron chi connectivity index (χ2n) is 16.4. The summed E-state index contributed by atoms with van der Waals surface area (Å²) in [6.07, 6.45) is 12.4. The molecule has 8 aromatic rings. The molecule has 61 heavy (non-hydrogen) atoms. The van der Waals surface area contributed by atoms with Gasteiger partial charge in [0.05, 0.1) is 5.69 Å². The molecule has 0 fully saturated rings. The maximum absolute atomic E-state index is 2.96. The van der Waals surface area contributed by atoms with Crippen LogP contribution in [0.1, 0.15) is 31.4 Å². The smallest absolute Gasteiger partial charge is 0.179 e. The Balaban J connectivity index is 1.20. The normalized spacial score (nSPS) is 14.6. The van der Waals surface area contributed by atoms with E-state index in [1.807, 2.05) is 0 Å². The summed E-state index contributed by atoms with van der Waals surface area (Å²) in [6, 6.07) is 78.3. The van der Waals surface area contributed by atoms with Crippen molar-refractivity contribution in [1.82, 2.24) is 0 Å². The Kier molecular flexibility index (Phi) is 10.0. The van der Waals surface area contributed by atoms with Crippen LogP contribution >= 0.6 is 0 Å². The Hall–Kier alpha value is -7.20. The van der Waals surface area contributed by atoms with Crippen molar-refractivity contribution in [2.24, 2.45) is 0 Å². The molecule has 3 heteroatoms. The summed E-state index contributed by atoms with van der Waals surface area (Å²) in [5, 5.41) is 5.39. The van der Waals surface area contributed by atoms with Crippen molar-refractivity contribution >= 4 is 57.8 Å². The minimum atomic E-state index is -2.96. The Labute approximate surface area is 361 Å². The molecular weight excluding hydrogens is 753 g/mol. The quantitative estimate of drug-likeness (QED) is 0.100. The van der Waals surface area contributed by atoms with Gasteiger partial charge in [0.15, 0.2) is 8.07 Å². The molecule has 0 aliphatic heterocycles. The molecule has 294 valence electrons. The number of rotatable bonds is 10. The van der Waals surface area contributed by atoms with E-state index >= 15 is 0 Å². The number of para-hydroxylation sites is 3. The lowest BCUT2D eigenvalue weighted by atomic mass is 9.82. The van der Waals surface area contributed by atoms with E-state index in [0.717, 1.165) is 34.9 Å². The fourth-order valence-electron chi connectivity index (χ4n) is 9.81. The maximum Gasteiger partial charge on any atom is 0.179 e. The van der Waals surface area contributed by atoms with E-state index in [-0.39, 0.29) is 5.41 Å². The van der Waals surface area contributed by atoms with E-state index in [4.69, 9.17) is 0 Å². The van der Waals surface area contributed by atoms with Crippen LogP contribution in [0.25, 0.3) is 11.1 Å². The summed E-state index contributed by atoms with van der Waals surface area (Å²) in [4.78, 5) is 4.84. The first-order valence-electron chi connectivity index (χ1n) is 21.3. The molecule has 2 aliphatic carbocycles. The third-order valence-corrected chi connectivity index (χ3v) is 17.4. The number of nitrogens with zero attached hydrogens (tertiary/aromatic N) is 2. The van der Waals surface area contributed by atoms with Gasteiger partial charge in [0.2, 0.25) is 0 Å². The van der Waals surface area contributed by atoms with Gasteiger partial charge in [-0.3, -0.25) is 0 Å². The average Bonchev–Trinajstić information content (AvgIpc) is 3.45. The van der Waals surface area contributed by atoms with Crippen LogP contribution in [-0.2, 0) is 5.41 Å². The zero-order valence-electron chi connectivity index (χ0n) is 34.7. The van der Waals surface area contributed by atoms with Crippen LogP contribution in [0.15, 0.2) is 248 Å². The molecule has 2 aliphatic rings. The van der Waals surface area contributed by atoms with E-state index in [1.54, 1.807) is 0 Å². The molecule has 0 N–H and O–H groups in total. The number of allylic oxidation sites excluding steroid dienone is 6. The van der Waals surface area contributed by atoms with Crippen molar-refractivity contribution in [3.63, 3.8) is 0 Å². The van der Waals surface area contributed by atoms with Gasteiger partial charge in [-0.05, 0) is 111 Å². The molecule has 1 atom stereocenters. The average molecular weight is 801 g/mol. The topological polar surface area (TPSA) is 6.48 Å². The van der Waals surface area contributed by atoms with Crippen LogP contribution in [0.5, 0.6) is 0 Å². The van der Waals surface area contributed by atoms with Crippen molar-refractivity contribution in [3.8, 4) is 11.1 Å². The van der Waals surface area contributed by atoms with E-state index in [0.29, 0.717) is 0 Å². The minimum Gasteiger partial charge on any atom is -0.311 e. The van der Waals surface area contributed by atoms with Crippen LogP contribution in [0.2, 0.25) is 0 Å². The van der Waals surface area contributed by atoms with Crippen molar-refractivity contribution in [2.45, 2.75) is 25.7 Å². The lowest BCUT2D eigenvalue weighted by Crippen LogP contribution is -2.68. The van der Waals surface area contributed by atoms with Gasteiger partial charge in [-0.15, -0.1) is 0 Å². The van der Waals surface area contributed by atoms with Gasteiger partial charge >= 0.3 is 0 Å². The highest BCUT2D eigenvalue weighted by molar-refractivity contribution is 7.16. The standard InChI is InChI=1S/C58H48N2Si/c1-58(2)54-36-20-19-35-53(54)57-55(58)37-22-38-56(57)60(46-27-13-7-14-28-46)48-29-21-34-52(43-48)61(50-32-17-8-18-33-50,49-30-15-3-4-16-31-49)51-41-39-47(40-42-51)59(44-23-9-5-10-24-44)45-25-11-6-12-26-45/h3-15,17-43H,16H2,1-2H3. The van der Waals surface area contributed by atoms with Crippen LogP contribution in [0.3, 0.4) is 0 Å². The zero-order valence-corrected chi connectivity index (χ0v) is 35.7. The number of benzene rings is 8. The Morgan fingerprint density at radius 1 is 0.426 bits per heavy atom. The van der Waals surface area contributed by atoms with Gasteiger partial charge in [-0.25, -0.2) is 0 Å². The minimum absolute atomic E-state index is 0.114. The molecule has 0 radical (unpaired) electrons. The first kappa shape index (κ1) is 38.0. The molecular formula is C58H48N2Si. The highest BCUT2D eigenvalue weighted by Crippen LogP contribution is 2.54. The molecule has 0 saturated carbocycles. The highest BCUT2D eigenvalue weighted by atomic mass is 28.3. The molecule has 2 nitrogen and oxygen atoms in total. The summed E-state index contributed by atoms with van der Waals surface area (Å²) in [5.41, 5.74) is 12.1. The predicted molar refractivity (Wildman–Crippen MR) is 262 cm³/mol. The number of anilines is 6. The Morgan fingerprint density at radius 2 is 0.934 bits per heavy atom. The molecule has 0 spiro atoms. The van der Waals surface area contributed by atoms with Crippen LogP contribution < -0.4 is 25.4 Å². The number of hydrogen-bond acceptors (Lipinski definition) is 2. The monoisotopic (exact) mass is 800 g/mol. The third kappa shape index (κ3) is 6.68. The molecule has 10 rings (SSSR count). The fraction of sp³-hybridized carbons (Fsp3) is 0.0690. The predicted octanol–water partition coefficient (Wildman–Crippen LogP) is 13.4. The summed E-state index contributed by atoms with van der Waals surface area (Å²) in [7, 11) is -2.96. The summed E-state index contributed by atoms with van der Waals surface area (Å²) in [5.74, 6) is 0. The lowest BCUT2D eigenvalue weighted by Gasteiger charge is -2.37. The van der Waals surface area contributed by atoms with E-state index in [2.05, 4.69) is 266 Å². The summed E-state index contributed by atoms with van der Waals surface area (Å²) in [6.45, 7) is 4.73. The number of fused-ring (bicyclic) bond motifs is 3. The van der Waals surface area contributed by atoms with Crippen molar-refractivity contribution < 1.29 is 0 Å². The van der Waals surface area contributed by atoms with E-state index in [9.17, 15) is 0 Å². The van der Waals surface area contributed by atoms with E-state index < -0.39 is 8.07 Å². The maximum atomic E-state index is 2.50. The van der Waals surface area contributed by atoms with Crippen molar-refractivity contribution in [2.75, 3.05) is 9.80 Å². The molecule has 0 heterocycles. The van der Waals surface area contributed by atoms with Gasteiger partial charge in [-0.2, -0.15) is 0 Å². The van der Waals surface area contributed by atoms with Crippen LogP contribution in [-0.4, -0.2) is 8.07 Å². The molecule has 0 saturated heterocycles. The first-order chi connectivity index (χ1) is 30.0. The zero-order chi connectivity index (χ0) is 41.2. The largest absolute Gasteiger partial charge is 0.311 e. The summed E-state index contributed by atoms with van der Waals surface area (Å²) >= 11 is 0.